The molecule has 0 saturated heterocycles. The molecular weight excluding hydrogens is 354 g/mol. The van der Waals surface area contributed by atoms with Crippen LogP contribution in [-0.2, 0) is 21.4 Å². The second-order valence-corrected chi connectivity index (χ2v) is 8.56. The molecule has 0 aliphatic carbocycles. The molecule has 0 aliphatic heterocycles. The number of furan rings is 1. The first-order valence-electron chi connectivity index (χ1n) is 8.20. The predicted molar refractivity (Wildman–Crippen MR) is 100 cm³/mol. The number of aryl methyl sites for hydroxylation is 1. The lowest BCUT2D eigenvalue weighted by atomic mass is 10.2. The molecule has 7 nitrogen and oxygen atoms in total. The van der Waals surface area contributed by atoms with Crippen molar-refractivity contribution < 1.29 is 17.6 Å². The van der Waals surface area contributed by atoms with Crippen molar-refractivity contribution in [3.05, 3.63) is 47.9 Å². The van der Waals surface area contributed by atoms with Crippen molar-refractivity contribution in [2.75, 3.05) is 26.5 Å². The number of benzene rings is 1. The molecule has 1 amide bonds. The standard InChI is InChI=1S/C18H25N3O4S/c1-13-9-10-16(25-13)12-21(5)14(2)18(22)19-15-7-6-8-17(11-15)26(23,24)20(3)4/h6-11,14H,12H2,1-5H3,(H,19,22)/t14-/m1/s1. The summed E-state index contributed by atoms with van der Waals surface area (Å²) in [7, 11) is 1.21. The normalized spacial score (nSPS) is 13.2. The molecule has 0 fully saturated rings. The average Bonchev–Trinajstić information content (AvgIpc) is 2.98. The Hall–Kier alpha value is -2.16. The van der Waals surface area contributed by atoms with Crippen LogP contribution in [0.25, 0.3) is 0 Å². The number of amides is 1. The maximum atomic E-state index is 12.5. The van der Waals surface area contributed by atoms with Crippen molar-refractivity contribution in [2.45, 2.75) is 31.3 Å². The average molecular weight is 379 g/mol. The number of rotatable bonds is 7. The van der Waals surface area contributed by atoms with Crippen LogP contribution in [0.5, 0.6) is 0 Å². The van der Waals surface area contributed by atoms with E-state index in [1.807, 2.05) is 31.0 Å². The zero-order valence-electron chi connectivity index (χ0n) is 15.7. The van der Waals surface area contributed by atoms with Crippen LogP contribution >= 0.6 is 0 Å². The minimum absolute atomic E-state index is 0.132. The van der Waals surface area contributed by atoms with Gasteiger partial charge in [0, 0.05) is 19.8 Å². The van der Waals surface area contributed by atoms with Crippen molar-refractivity contribution in [3.63, 3.8) is 0 Å². The number of carbonyl (C=O) groups excluding carboxylic acids is 1. The SMILES string of the molecule is Cc1ccc(CN(C)[C@H](C)C(=O)Nc2cccc(S(=O)(=O)N(C)C)c2)o1. The van der Waals surface area contributed by atoms with Gasteiger partial charge in [-0.3, -0.25) is 9.69 Å². The molecule has 142 valence electrons. The third-order valence-corrected chi connectivity index (χ3v) is 5.93. The maximum Gasteiger partial charge on any atom is 0.242 e. The van der Waals surface area contributed by atoms with Gasteiger partial charge >= 0.3 is 0 Å². The van der Waals surface area contributed by atoms with Gasteiger partial charge in [-0.25, -0.2) is 12.7 Å². The highest BCUT2D eigenvalue weighted by molar-refractivity contribution is 7.89. The van der Waals surface area contributed by atoms with Crippen LogP contribution in [0.15, 0.2) is 45.7 Å². The Morgan fingerprint density at radius 3 is 2.46 bits per heavy atom. The van der Waals surface area contributed by atoms with E-state index in [0.717, 1.165) is 15.8 Å². The fourth-order valence-electron chi connectivity index (χ4n) is 2.34. The Balaban J connectivity index is 2.07. The van der Waals surface area contributed by atoms with Crippen molar-refractivity contribution in [1.29, 1.82) is 0 Å². The fourth-order valence-corrected chi connectivity index (χ4v) is 3.29. The van der Waals surface area contributed by atoms with Crippen molar-refractivity contribution in [3.8, 4) is 0 Å². The smallest absolute Gasteiger partial charge is 0.242 e. The second-order valence-electron chi connectivity index (χ2n) is 6.41. The predicted octanol–water partition coefficient (Wildman–Crippen LogP) is 2.30. The molecule has 2 rings (SSSR count). The number of carbonyl (C=O) groups is 1. The highest BCUT2D eigenvalue weighted by Crippen LogP contribution is 2.19. The lowest BCUT2D eigenvalue weighted by molar-refractivity contribution is -0.120. The van der Waals surface area contributed by atoms with Crippen LogP contribution in [0.1, 0.15) is 18.4 Å². The van der Waals surface area contributed by atoms with E-state index in [1.54, 1.807) is 19.1 Å². The third kappa shape index (κ3) is 4.72. The molecule has 2 aromatic rings. The summed E-state index contributed by atoms with van der Waals surface area (Å²) in [5.41, 5.74) is 0.437. The van der Waals surface area contributed by atoms with Gasteiger partial charge in [0.1, 0.15) is 11.5 Å². The monoisotopic (exact) mass is 379 g/mol. The lowest BCUT2D eigenvalue weighted by Crippen LogP contribution is -2.39. The van der Waals surface area contributed by atoms with Gasteiger partial charge in [-0.1, -0.05) is 6.07 Å². The summed E-state index contributed by atoms with van der Waals surface area (Å²) in [5, 5.41) is 2.77. The molecule has 1 aromatic carbocycles. The summed E-state index contributed by atoms with van der Waals surface area (Å²) >= 11 is 0. The molecule has 1 aromatic heterocycles. The summed E-state index contributed by atoms with van der Waals surface area (Å²) in [5.74, 6) is 1.38. The minimum atomic E-state index is -3.55. The van der Waals surface area contributed by atoms with Crippen LogP contribution < -0.4 is 5.32 Å². The van der Waals surface area contributed by atoms with Crippen LogP contribution in [-0.4, -0.2) is 50.7 Å². The summed E-state index contributed by atoms with van der Waals surface area (Å²) in [6, 6.07) is 9.56. The number of likely N-dealkylation sites (N-methyl/N-ethyl adjacent to an activating group) is 1. The van der Waals surface area contributed by atoms with E-state index in [4.69, 9.17) is 4.42 Å². The van der Waals surface area contributed by atoms with Crippen molar-refractivity contribution in [2.24, 2.45) is 0 Å². The third-order valence-electron chi connectivity index (χ3n) is 4.12. The molecule has 1 heterocycles. The van der Waals surface area contributed by atoms with E-state index < -0.39 is 16.1 Å². The van der Waals surface area contributed by atoms with E-state index in [9.17, 15) is 13.2 Å². The molecule has 0 spiro atoms. The van der Waals surface area contributed by atoms with Crippen LogP contribution in [0.3, 0.4) is 0 Å². The Labute approximate surface area is 154 Å². The van der Waals surface area contributed by atoms with Crippen molar-refractivity contribution >= 4 is 21.6 Å². The molecule has 0 saturated carbocycles. The lowest BCUT2D eigenvalue weighted by Gasteiger charge is -2.23. The van der Waals surface area contributed by atoms with Gasteiger partial charge in [-0.2, -0.15) is 0 Å². The number of hydrogen-bond acceptors (Lipinski definition) is 5. The number of anilines is 1. The summed E-state index contributed by atoms with van der Waals surface area (Å²) in [4.78, 5) is 14.5. The highest BCUT2D eigenvalue weighted by Gasteiger charge is 2.21. The summed E-state index contributed by atoms with van der Waals surface area (Å²) < 4.78 is 31.1. The Bertz CT molecular complexity index is 874. The first kappa shape index (κ1) is 20.2. The zero-order valence-corrected chi connectivity index (χ0v) is 16.5. The van der Waals surface area contributed by atoms with Crippen LogP contribution in [0.4, 0.5) is 5.69 Å². The summed E-state index contributed by atoms with van der Waals surface area (Å²) in [6.07, 6.45) is 0. The van der Waals surface area contributed by atoms with Gasteiger partial charge in [-0.15, -0.1) is 0 Å². The van der Waals surface area contributed by atoms with Gasteiger partial charge in [-0.05, 0) is 51.2 Å². The molecule has 0 aliphatic rings. The second kappa shape index (κ2) is 8.03. The van der Waals surface area contributed by atoms with Gasteiger partial charge < -0.3 is 9.73 Å². The first-order chi connectivity index (χ1) is 12.1. The summed E-state index contributed by atoms with van der Waals surface area (Å²) in [6.45, 7) is 4.15. The largest absolute Gasteiger partial charge is 0.465 e. The molecular formula is C18H25N3O4S. The van der Waals surface area contributed by atoms with Gasteiger partial charge in [0.15, 0.2) is 0 Å². The Kier molecular flexibility index (Phi) is 6.22. The van der Waals surface area contributed by atoms with E-state index in [2.05, 4.69) is 5.32 Å². The number of hydrogen-bond donors (Lipinski definition) is 1. The Morgan fingerprint density at radius 1 is 1.19 bits per heavy atom. The van der Waals surface area contributed by atoms with Gasteiger partial charge in [0.2, 0.25) is 15.9 Å². The quantitative estimate of drug-likeness (QED) is 0.798. The zero-order chi connectivity index (χ0) is 19.5. The van der Waals surface area contributed by atoms with E-state index >= 15 is 0 Å². The molecule has 0 bridgehead atoms. The van der Waals surface area contributed by atoms with Crippen molar-refractivity contribution in [1.82, 2.24) is 9.21 Å². The molecule has 1 N–H and O–H groups in total. The maximum absolute atomic E-state index is 12.5. The number of nitrogens with one attached hydrogen (secondary N) is 1. The Morgan fingerprint density at radius 2 is 1.88 bits per heavy atom. The molecule has 0 radical (unpaired) electrons. The van der Waals surface area contributed by atoms with E-state index in [0.29, 0.717) is 12.2 Å². The number of nitrogens with zero attached hydrogens (tertiary/aromatic N) is 2. The molecule has 26 heavy (non-hydrogen) atoms. The van der Waals surface area contributed by atoms with E-state index in [1.165, 1.54) is 26.2 Å². The fraction of sp³-hybridized carbons (Fsp3) is 0.389. The molecule has 0 unspecified atom stereocenters. The topological polar surface area (TPSA) is 82.9 Å². The first-order valence-corrected chi connectivity index (χ1v) is 9.64. The molecule has 1 atom stereocenters. The van der Waals surface area contributed by atoms with Gasteiger partial charge in [0.25, 0.3) is 0 Å². The molecule has 8 heteroatoms. The minimum Gasteiger partial charge on any atom is -0.465 e. The highest BCUT2D eigenvalue weighted by atomic mass is 32.2. The van der Waals surface area contributed by atoms with Crippen LogP contribution in [0.2, 0.25) is 0 Å². The van der Waals surface area contributed by atoms with Gasteiger partial charge in [0.05, 0.1) is 17.5 Å². The number of sulfonamides is 1. The van der Waals surface area contributed by atoms with Crippen LogP contribution in [0, 0.1) is 6.92 Å². The van der Waals surface area contributed by atoms with E-state index in [-0.39, 0.29) is 10.8 Å².